The van der Waals surface area contributed by atoms with Gasteiger partial charge in [-0.25, -0.2) is 18.0 Å². The molecule has 0 saturated carbocycles. The fourth-order valence-corrected chi connectivity index (χ4v) is 5.02. The van der Waals surface area contributed by atoms with Crippen molar-refractivity contribution in [2.24, 2.45) is 5.73 Å². The predicted molar refractivity (Wildman–Crippen MR) is 138 cm³/mol. The minimum absolute atomic E-state index is 0.0442. The number of ether oxygens (including phenoxy) is 1. The van der Waals surface area contributed by atoms with Gasteiger partial charge in [0.1, 0.15) is 5.58 Å². The normalized spacial score (nSPS) is 12.7. The van der Waals surface area contributed by atoms with Crippen LogP contribution in [-0.2, 0) is 10.0 Å². The smallest absolute Gasteiger partial charge is 0.414 e. The molecule has 3 rings (SSSR count). The summed E-state index contributed by atoms with van der Waals surface area (Å²) in [6.45, 7) is 2.47. The van der Waals surface area contributed by atoms with E-state index in [0.717, 1.165) is 0 Å². The zero-order valence-corrected chi connectivity index (χ0v) is 22.2. The Labute approximate surface area is 214 Å². The molecule has 1 unspecified atom stereocenters. The summed E-state index contributed by atoms with van der Waals surface area (Å²) < 4.78 is 37.9. The molecule has 0 fully saturated rings. The molecule has 0 aliphatic rings. The molecule has 3 N–H and O–H groups in total. The highest BCUT2D eigenvalue weighted by Crippen LogP contribution is 2.34. The third kappa shape index (κ3) is 5.55. The molecule has 0 aliphatic carbocycles. The van der Waals surface area contributed by atoms with Crippen molar-refractivity contribution in [2.45, 2.75) is 17.9 Å². The number of hydrogen-bond acceptors (Lipinski definition) is 8. The second-order valence-corrected chi connectivity index (χ2v) is 10.9. The van der Waals surface area contributed by atoms with E-state index in [0.29, 0.717) is 23.1 Å². The third-order valence-corrected chi connectivity index (χ3v) is 7.89. The number of nitrogens with two attached hydrogens (primary N) is 1. The van der Waals surface area contributed by atoms with Crippen LogP contribution in [0.5, 0.6) is 5.75 Å². The van der Waals surface area contributed by atoms with Crippen molar-refractivity contribution < 1.29 is 22.4 Å². The number of nitrogens with one attached hydrogen (secondary N) is 1. The fraction of sp³-hybridized carbons (Fsp3) is 0.333. The van der Waals surface area contributed by atoms with Crippen LogP contribution < -0.4 is 21.4 Å². The summed E-state index contributed by atoms with van der Waals surface area (Å²) in [7, 11) is 2.52. The number of likely N-dealkylation sites (N-methyl/N-ethyl adjacent to an activating group) is 2. The first-order valence-corrected chi connectivity index (χ1v) is 12.8. The summed E-state index contributed by atoms with van der Waals surface area (Å²) >= 11 is 6.33. The fourth-order valence-electron chi connectivity index (χ4n) is 3.59. The summed E-state index contributed by atoms with van der Waals surface area (Å²) in [5.41, 5.74) is 7.03. The van der Waals surface area contributed by atoms with E-state index >= 15 is 0 Å². The third-order valence-electron chi connectivity index (χ3n) is 5.74. The zero-order valence-electron chi connectivity index (χ0n) is 20.7. The minimum Gasteiger partial charge on any atom is -0.422 e. The Bertz CT molecular complexity index is 1450. The molecule has 2 aromatic carbocycles. The first kappa shape index (κ1) is 27.6. The van der Waals surface area contributed by atoms with Crippen LogP contribution in [0.15, 0.2) is 50.5 Å². The number of hydrogen-bond donors (Lipinski definition) is 2. The van der Waals surface area contributed by atoms with E-state index in [2.05, 4.69) is 5.32 Å². The van der Waals surface area contributed by atoms with Gasteiger partial charge in [0.2, 0.25) is 10.0 Å². The Morgan fingerprint density at radius 3 is 2.56 bits per heavy atom. The van der Waals surface area contributed by atoms with E-state index in [1.165, 1.54) is 54.6 Å². The second-order valence-electron chi connectivity index (χ2n) is 8.45. The van der Waals surface area contributed by atoms with Gasteiger partial charge in [-0.2, -0.15) is 4.31 Å². The SMILES string of the molecule is CNCCN(C)S(=O)(=O)c1cccc(C(N)c2c(C)c3cc(Cl)c(OC(=O)N(C)C)cc3oc2=O)c1. The number of carbonyl (C=O) groups is 1. The van der Waals surface area contributed by atoms with Crippen molar-refractivity contribution in [1.29, 1.82) is 0 Å². The Balaban J connectivity index is 2.04. The number of halogens is 1. The minimum atomic E-state index is -3.76. The van der Waals surface area contributed by atoms with Crippen molar-refractivity contribution in [2.75, 3.05) is 41.3 Å². The molecule has 0 radical (unpaired) electrons. The number of rotatable bonds is 8. The maximum Gasteiger partial charge on any atom is 0.414 e. The van der Waals surface area contributed by atoms with Crippen LogP contribution in [0.3, 0.4) is 0 Å². The van der Waals surface area contributed by atoms with Crippen LogP contribution in [0.1, 0.15) is 22.7 Å². The molecule has 12 heteroatoms. The van der Waals surface area contributed by atoms with Crippen LogP contribution in [0.4, 0.5) is 4.79 Å². The number of fused-ring (bicyclic) bond motifs is 1. The molecule has 3 aromatic rings. The van der Waals surface area contributed by atoms with Crippen molar-refractivity contribution in [3.8, 4) is 5.75 Å². The number of sulfonamides is 1. The summed E-state index contributed by atoms with van der Waals surface area (Å²) in [6, 6.07) is 8.10. The molecule has 0 bridgehead atoms. The number of nitrogens with zero attached hydrogens (tertiary/aromatic N) is 2. The second kappa shape index (κ2) is 11.0. The highest BCUT2D eigenvalue weighted by atomic mass is 35.5. The molecule has 0 spiro atoms. The molecule has 194 valence electrons. The lowest BCUT2D eigenvalue weighted by molar-refractivity contribution is 0.172. The van der Waals surface area contributed by atoms with Gasteiger partial charge < -0.3 is 25.1 Å². The van der Waals surface area contributed by atoms with E-state index < -0.39 is 27.8 Å². The Kier molecular flexibility index (Phi) is 8.42. The standard InChI is InChI=1S/C24H29ClN4O6S/c1-14-17-12-18(25)20(35-24(31)28(3)4)13-19(17)34-23(30)21(14)22(26)15-7-6-8-16(11-15)36(32,33)29(5)10-9-27-2/h6-8,11-13,22,27H,9-10,26H2,1-5H3. The van der Waals surface area contributed by atoms with Gasteiger partial charge in [-0.15, -0.1) is 0 Å². The van der Waals surface area contributed by atoms with Crippen LogP contribution in [0.25, 0.3) is 11.0 Å². The lowest BCUT2D eigenvalue weighted by atomic mass is 9.95. The van der Waals surface area contributed by atoms with Gasteiger partial charge in [-0.05, 0) is 43.3 Å². The highest BCUT2D eigenvalue weighted by molar-refractivity contribution is 7.89. The maximum absolute atomic E-state index is 13.0. The van der Waals surface area contributed by atoms with Gasteiger partial charge in [0, 0.05) is 45.7 Å². The van der Waals surface area contributed by atoms with Crippen LogP contribution in [0, 0.1) is 6.92 Å². The topological polar surface area (TPSA) is 135 Å². The average Bonchev–Trinajstić information content (AvgIpc) is 2.83. The van der Waals surface area contributed by atoms with Crippen molar-refractivity contribution in [3.05, 3.63) is 68.5 Å². The van der Waals surface area contributed by atoms with Gasteiger partial charge >= 0.3 is 11.7 Å². The number of carbonyl (C=O) groups excluding carboxylic acids is 1. The van der Waals surface area contributed by atoms with Crippen LogP contribution in [0.2, 0.25) is 5.02 Å². The quantitative estimate of drug-likeness (QED) is 0.419. The van der Waals surface area contributed by atoms with Gasteiger partial charge in [0.15, 0.2) is 5.75 Å². The van der Waals surface area contributed by atoms with Gasteiger partial charge in [-0.1, -0.05) is 23.7 Å². The van der Waals surface area contributed by atoms with Gasteiger partial charge in [0.25, 0.3) is 0 Å². The van der Waals surface area contributed by atoms with E-state index in [9.17, 15) is 18.0 Å². The maximum atomic E-state index is 13.0. The predicted octanol–water partition coefficient (Wildman–Crippen LogP) is 2.70. The van der Waals surface area contributed by atoms with Crippen molar-refractivity contribution >= 4 is 38.7 Å². The molecule has 0 saturated heterocycles. The molecule has 10 nitrogen and oxygen atoms in total. The summed E-state index contributed by atoms with van der Waals surface area (Å²) in [5.74, 6) is 0.0442. The van der Waals surface area contributed by atoms with E-state index in [4.69, 9.17) is 26.5 Å². The lowest BCUT2D eigenvalue weighted by Gasteiger charge is -2.19. The van der Waals surface area contributed by atoms with Crippen LogP contribution >= 0.6 is 11.6 Å². The van der Waals surface area contributed by atoms with Crippen molar-refractivity contribution in [3.63, 3.8) is 0 Å². The summed E-state index contributed by atoms with van der Waals surface area (Å²) in [5, 5.41) is 3.56. The molecular formula is C24H29ClN4O6S. The summed E-state index contributed by atoms with van der Waals surface area (Å²) in [6.07, 6.45) is -0.639. The highest BCUT2D eigenvalue weighted by Gasteiger charge is 2.25. The first-order valence-electron chi connectivity index (χ1n) is 11.0. The van der Waals surface area contributed by atoms with E-state index in [1.807, 2.05) is 0 Å². The average molecular weight is 537 g/mol. The molecule has 1 heterocycles. The number of amides is 1. The molecule has 1 atom stereocenters. The molecule has 36 heavy (non-hydrogen) atoms. The molecule has 1 amide bonds. The van der Waals surface area contributed by atoms with E-state index in [1.54, 1.807) is 26.1 Å². The number of aryl methyl sites for hydroxylation is 1. The van der Waals surface area contributed by atoms with Gasteiger partial charge in [0.05, 0.1) is 21.5 Å². The largest absolute Gasteiger partial charge is 0.422 e. The molecule has 0 aliphatic heterocycles. The van der Waals surface area contributed by atoms with Crippen molar-refractivity contribution in [1.82, 2.24) is 14.5 Å². The summed E-state index contributed by atoms with van der Waals surface area (Å²) in [4.78, 5) is 26.2. The molecular weight excluding hydrogens is 508 g/mol. The van der Waals surface area contributed by atoms with Gasteiger partial charge in [-0.3, -0.25) is 0 Å². The first-order chi connectivity index (χ1) is 16.9. The van der Waals surface area contributed by atoms with Crippen LogP contribution in [-0.4, -0.2) is 65.0 Å². The molecule has 1 aromatic heterocycles. The number of benzene rings is 2. The monoisotopic (exact) mass is 536 g/mol. The Hall–Kier alpha value is -2.96. The van der Waals surface area contributed by atoms with E-state index in [-0.39, 0.29) is 33.4 Å². The zero-order chi connectivity index (χ0) is 26.8. The Morgan fingerprint density at radius 2 is 1.92 bits per heavy atom. The lowest BCUT2D eigenvalue weighted by Crippen LogP contribution is -2.33. The Morgan fingerprint density at radius 1 is 1.22 bits per heavy atom.